The van der Waals surface area contributed by atoms with Crippen LogP contribution in [0.25, 0.3) is 0 Å². The summed E-state index contributed by atoms with van der Waals surface area (Å²) < 4.78 is 30.3. The molecule has 1 heterocycles. The standard InChI is InChI=1S/C21H26FN3O3.HI/c1-2-23-21(25-10-11-27-19-6-4-3-5-7-19)24-9-8-16-12-18(22)13-17-14-26-15-28-20(16)17;/h3-7,12-13H,2,8-11,14-15H2,1H3,(H2,23,24,25);1H. The number of halogens is 2. The molecule has 0 fully saturated rings. The van der Waals surface area contributed by atoms with Crippen molar-refractivity contribution >= 4 is 29.9 Å². The van der Waals surface area contributed by atoms with Gasteiger partial charge >= 0.3 is 0 Å². The molecule has 2 aromatic rings. The summed E-state index contributed by atoms with van der Waals surface area (Å²) in [6.45, 7) is 4.98. The molecule has 8 heteroatoms. The SMILES string of the molecule is CCNC(=NCCc1cc(F)cc2c1OCOC2)NCCOc1ccccc1.I. The second kappa shape index (κ2) is 12.5. The zero-order chi connectivity index (χ0) is 19.6. The summed E-state index contributed by atoms with van der Waals surface area (Å²) >= 11 is 0. The second-order valence-corrected chi connectivity index (χ2v) is 6.26. The number of hydrogen-bond donors (Lipinski definition) is 2. The van der Waals surface area contributed by atoms with Crippen molar-refractivity contribution < 1.29 is 18.6 Å². The quantitative estimate of drug-likeness (QED) is 0.244. The molecule has 2 N–H and O–H groups in total. The molecule has 0 bridgehead atoms. The van der Waals surface area contributed by atoms with Crippen LogP contribution in [0.2, 0.25) is 0 Å². The van der Waals surface area contributed by atoms with Crippen LogP contribution in [0.1, 0.15) is 18.1 Å². The zero-order valence-corrected chi connectivity index (χ0v) is 18.8. The maximum absolute atomic E-state index is 13.8. The summed E-state index contributed by atoms with van der Waals surface area (Å²) in [4.78, 5) is 4.56. The minimum absolute atomic E-state index is 0. The summed E-state index contributed by atoms with van der Waals surface area (Å²) in [5, 5.41) is 6.44. The van der Waals surface area contributed by atoms with Crippen molar-refractivity contribution in [1.82, 2.24) is 10.6 Å². The molecule has 0 spiro atoms. The molecule has 158 valence electrons. The Bertz CT molecular complexity index is 790. The molecule has 0 saturated carbocycles. The third kappa shape index (κ3) is 7.36. The van der Waals surface area contributed by atoms with Crippen molar-refractivity contribution in [2.45, 2.75) is 20.0 Å². The van der Waals surface area contributed by atoms with Crippen molar-refractivity contribution in [1.29, 1.82) is 0 Å². The molecule has 0 radical (unpaired) electrons. The number of aliphatic imine (C=N–C) groups is 1. The highest BCUT2D eigenvalue weighted by molar-refractivity contribution is 14.0. The van der Waals surface area contributed by atoms with Crippen LogP contribution < -0.4 is 20.1 Å². The van der Waals surface area contributed by atoms with Crippen molar-refractivity contribution in [2.75, 3.05) is 33.0 Å². The average molecular weight is 515 g/mol. The van der Waals surface area contributed by atoms with E-state index in [0.717, 1.165) is 29.2 Å². The molecule has 3 rings (SSSR count). The van der Waals surface area contributed by atoms with Gasteiger partial charge in [-0.05, 0) is 43.2 Å². The average Bonchev–Trinajstić information content (AvgIpc) is 2.71. The lowest BCUT2D eigenvalue weighted by Gasteiger charge is -2.20. The first kappa shape index (κ1) is 23.2. The largest absolute Gasteiger partial charge is 0.492 e. The number of guanidine groups is 1. The van der Waals surface area contributed by atoms with Crippen LogP contribution in [0.3, 0.4) is 0 Å². The molecule has 2 aromatic carbocycles. The minimum Gasteiger partial charge on any atom is -0.492 e. The third-order valence-electron chi connectivity index (χ3n) is 4.15. The van der Waals surface area contributed by atoms with Crippen LogP contribution in [0.5, 0.6) is 11.5 Å². The Morgan fingerprint density at radius 1 is 1.21 bits per heavy atom. The predicted molar refractivity (Wildman–Crippen MR) is 122 cm³/mol. The van der Waals surface area contributed by atoms with E-state index >= 15 is 0 Å². The van der Waals surface area contributed by atoms with Gasteiger partial charge in [0.15, 0.2) is 12.8 Å². The molecule has 0 unspecified atom stereocenters. The second-order valence-electron chi connectivity index (χ2n) is 6.26. The summed E-state index contributed by atoms with van der Waals surface area (Å²) in [6.07, 6.45) is 0.581. The maximum Gasteiger partial charge on any atom is 0.191 e. The fourth-order valence-electron chi connectivity index (χ4n) is 2.93. The topological polar surface area (TPSA) is 64.1 Å². The van der Waals surface area contributed by atoms with Gasteiger partial charge in [-0.3, -0.25) is 4.99 Å². The Morgan fingerprint density at radius 2 is 2.03 bits per heavy atom. The number of ether oxygens (including phenoxy) is 3. The molecule has 0 atom stereocenters. The predicted octanol–water partition coefficient (Wildman–Crippen LogP) is 3.49. The van der Waals surface area contributed by atoms with E-state index in [1.807, 2.05) is 37.3 Å². The van der Waals surface area contributed by atoms with Gasteiger partial charge in [0.1, 0.15) is 23.9 Å². The van der Waals surface area contributed by atoms with Gasteiger partial charge in [0, 0.05) is 18.7 Å². The fraction of sp³-hybridized carbons (Fsp3) is 0.381. The zero-order valence-electron chi connectivity index (χ0n) is 16.4. The number of nitrogens with zero attached hydrogens (tertiary/aromatic N) is 1. The highest BCUT2D eigenvalue weighted by Gasteiger charge is 2.16. The Hall–Kier alpha value is -2.07. The van der Waals surface area contributed by atoms with Crippen LogP contribution in [0, 0.1) is 5.82 Å². The number of benzene rings is 2. The van der Waals surface area contributed by atoms with Gasteiger partial charge in [-0.1, -0.05) is 18.2 Å². The Morgan fingerprint density at radius 3 is 2.83 bits per heavy atom. The number of rotatable bonds is 8. The van der Waals surface area contributed by atoms with Gasteiger partial charge in [0.2, 0.25) is 0 Å². The van der Waals surface area contributed by atoms with Crippen molar-refractivity contribution in [2.24, 2.45) is 4.99 Å². The van der Waals surface area contributed by atoms with Crippen LogP contribution in [0.4, 0.5) is 4.39 Å². The van der Waals surface area contributed by atoms with Crippen molar-refractivity contribution in [3.63, 3.8) is 0 Å². The number of fused-ring (bicyclic) bond motifs is 1. The molecule has 6 nitrogen and oxygen atoms in total. The summed E-state index contributed by atoms with van der Waals surface area (Å²) in [5.41, 5.74) is 1.55. The molecular weight excluding hydrogens is 488 g/mol. The van der Waals surface area contributed by atoms with Crippen molar-refractivity contribution in [3.8, 4) is 11.5 Å². The van der Waals surface area contributed by atoms with E-state index in [0.29, 0.717) is 38.7 Å². The first-order valence-corrected chi connectivity index (χ1v) is 9.48. The Kier molecular flexibility index (Phi) is 9.99. The molecule has 29 heavy (non-hydrogen) atoms. The Balaban J connectivity index is 0.00000300. The van der Waals surface area contributed by atoms with Crippen LogP contribution in [-0.4, -0.2) is 39.0 Å². The molecule has 0 aliphatic carbocycles. The highest BCUT2D eigenvalue weighted by Crippen LogP contribution is 2.29. The van der Waals surface area contributed by atoms with Gasteiger partial charge in [0.25, 0.3) is 0 Å². The van der Waals surface area contributed by atoms with Crippen LogP contribution in [0.15, 0.2) is 47.5 Å². The van der Waals surface area contributed by atoms with E-state index in [-0.39, 0.29) is 36.6 Å². The number of para-hydroxylation sites is 1. The molecule has 0 saturated heterocycles. The molecular formula is C21H27FIN3O3. The first-order valence-electron chi connectivity index (χ1n) is 9.48. The molecule has 1 aliphatic heterocycles. The first-order chi connectivity index (χ1) is 13.8. The van der Waals surface area contributed by atoms with E-state index in [2.05, 4.69) is 15.6 Å². The van der Waals surface area contributed by atoms with E-state index in [4.69, 9.17) is 14.2 Å². The number of nitrogens with one attached hydrogen (secondary N) is 2. The maximum atomic E-state index is 13.8. The van der Waals surface area contributed by atoms with Gasteiger partial charge in [-0.15, -0.1) is 24.0 Å². The summed E-state index contributed by atoms with van der Waals surface area (Å²) in [7, 11) is 0. The molecule has 0 amide bonds. The Labute approximate surface area is 187 Å². The smallest absolute Gasteiger partial charge is 0.191 e. The van der Waals surface area contributed by atoms with E-state index in [1.165, 1.54) is 12.1 Å². The lowest BCUT2D eigenvalue weighted by Crippen LogP contribution is -2.39. The molecule has 0 aromatic heterocycles. The normalized spacial score (nSPS) is 13.0. The van der Waals surface area contributed by atoms with E-state index in [9.17, 15) is 4.39 Å². The lowest BCUT2D eigenvalue weighted by molar-refractivity contribution is -0.0172. The lowest BCUT2D eigenvalue weighted by atomic mass is 10.1. The van der Waals surface area contributed by atoms with Gasteiger partial charge in [-0.2, -0.15) is 0 Å². The minimum atomic E-state index is -0.282. The summed E-state index contributed by atoms with van der Waals surface area (Å²) in [6, 6.07) is 12.6. The number of hydrogen-bond acceptors (Lipinski definition) is 4. The third-order valence-corrected chi connectivity index (χ3v) is 4.15. The van der Waals surface area contributed by atoms with Crippen LogP contribution in [-0.2, 0) is 17.8 Å². The fourth-order valence-corrected chi connectivity index (χ4v) is 2.93. The van der Waals surface area contributed by atoms with Gasteiger partial charge in [-0.25, -0.2) is 4.39 Å². The van der Waals surface area contributed by atoms with Crippen molar-refractivity contribution in [3.05, 3.63) is 59.4 Å². The van der Waals surface area contributed by atoms with Crippen LogP contribution >= 0.6 is 24.0 Å². The van der Waals surface area contributed by atoms with E-state index < -0.39 is 0 Å². The van der Waals surface area contributed by atoms with Gasteiger partial charge in [0.05, 0.1) is 13.2 Å². The molecule has 1 aliphatic rings. The van der Waals surface area contributed by atoms with Gasteiger partial charge < -0.3 is 24.8 Å². The highest BCUT2D eigenvalue weighted by atomic mass is 127. The van der Waals surface area contributed by atoms with E-state index in [1.54, 1.807) is 0 Å². The summed E-state index contributed by atoms with van der Waals surface area (Å²) in [5.74, 6) is 1.98. The monoisotopic (exact) mass is 515 g/mol.